The summed E-state index contributed by atoms with van der Waals surface area (Å²) >= 11 is 0. The number of anilines is 1. The Morgan fingerprint density at radius 3 is 2.54 bits per heavy atom. The van der Waals surface area contributed by atoms with E-state index in [9.17, 15) is 14.7 Å². The highest BCUT2D eigenvalue weighted by atomic mass is 16.5. The van der Waals surface area contributed by atoms with E-state index in [1.54, 1.807) is 23.9 Å². The molecule has 46 heavy (non-hydrogen) atoms. The van der Waals surface area contributed by atoms with Gasteiger partial charge < -0.3 is 19.3 Å². The Hall–Kier alpha value is -5.15. The molecule has 3 aromatic heterocycles. The number of benzene rings is 2. The molecule has 0 spiro atoms. The van der Waals surface area contributed by atoms with Gasteiger partial charge in [-0.2, -0.15) is 0 Å². The van der Waals surface area contributed by atoms with Gasteiger partial charge in [0, 0.05) is 74.5 Å². The van der Waals surface area contributed by atoms with E-state index in [-0.39, 0.29) is 5.56 Å². The molecule has 0 saturated heterocycles. The molecule has 9 nitrogen and oxygen atoms in total. The summed E-state index contributed by atoms with van der Waals surface area (Å²) in [6, 6.07) is 19.8. The van der Waals surface area contributed by atoms with E-state index in [4.69, 9.17) is 4.74 Å². The van der Waals surface area contributed by atoms with Crippen LogP contribution in [0, 0.1) is 6.92 Å². The van der Waals surface area contributed by atoms with Crippen LogP contribution in [0.4, 0.5) is 5.69 Å². The Labute approximate surface area is 267 Å². The fourth-order valence-corrected chi connectivity index (χ4v) is 6.84. The molecular weight excluding hydrogens is 578 g/mol. The molecule has 0 fully saturated rings. The van der Waals surface area contributed by atoms with Gasteiger partial charge in [-0.1, -0.05) is 35.9 Å². The van der Waals surface area contributed by atoms with Gasteiger partial charge in [-0.3, -0.25) is 14.3 Å². The summed E-state index contributed by atoms with van der Waals surface area (Å²) in [6.07, 6.45) is 7.29. The van der Waals surface area contributed by atoms with Crippen LogP contribution in [0.3, 0.4) is 0 Å². The van der Waals surface area contributed by atoms with Crippen molar-refractivity contribution in [2.45, 2.75) is 32.9 Å². The summed E-state index contributed by atoms with van der Waals surface area (Å²) in [5.74, 6) is -0.0634. The van der Waals surface area contributed by atoms with Gasteiger partial charge in [0.1, 0.15) is 11.4 Å². The first-order chi connectivity index (χ1) is 22.3. The van der Waals surface area contributed by atoms with Crippen molar-refractivity contribution >= 4 is 28.3 Å². The highest BCUT2D eigenvalue weighted by molar-refractivity contribution is 5.94. The second kappa shape index (κ2) is 12.0. The predicted octanol–water partition coefficient (Wildman–Crippen LogP) is 5.59. The molecule has 0 amide bonds. The number of rotatable bonds is 8. The van der Waals surface area contributed by atoms with E-state index in [0.717, 1.165) is 95.3 Å². The molecule has 0 aliphatic carbocycles. The van der Waals surface area contributed by atoms with Crippen LogP contribution >= 0.6 is 0 Å². The van der Waals surface area contributed by atoms with Crippen LogP contribution in [0.1, 0.15) is 44.7 Å². The average Bonchev–Trinajstić information content (AvgIpc) is 3.62. The van der Waals surface area contributed by atoms with Gasteiger partial charge >= 0.3 is 5.97 Å². The number of hydrogen-bond donors (Lipinski definition) is 1. The largest absolute Gasteiger partial charge is 0.497 e. The summed E-state index contributed by atoms with van der Waals surface area (Å²) in [6.45, 7) is 5.71. The molecule has 9 heteroatoms. The van der Waals surface area contributed by atoms with Crippen molar-refractivity contribution in [1.82, 2.24) is 19.0 Å². The number of ether oxygens (including phenoxy) is 1. The van der Waals surface area contributed by atoms with Crippen LogP contribution in [-0.4, -0.2) is 56.8 Å². The third kappa shape index (κ3) is 5.37. The standard InChI is InChI=1S/C37H37N5O4/c1-24-4-9-29(31(20-24)37(44)45)26-11-16-40(17-12-26)23-27-21-32-34(10-15-38-35(32)39(27)2)42-19-14-33-30(36(42)43)13-18-41(33)22-25-5-7-28(46-3)8-6-25/h4-11,14-15,19-21H,12-13,16-18,22-23H2,1-3H3,(H,44,45). The van der Waals surface area contributed by atoms with Gasteiger partial charge in [0.05, 0.1) is 18.4 Å². The third-order valence-electron chi connectivity index (χ3n) is 9.37. The van der Waals surface area contributed by atoms with Crippen molar-refractivity contribution in [3.8, 4) is 11.4 Å². The monoisotopic (exact) mass is 615 g/mol. The first-order valence-corrected chi connectivity index (χ1v) is 15.6. The van der Waals surface area contributed by atoms with E-state index in [1.807, 2.05) is 50.5 Å². The normalized spacial score (nSPS) is 14.8. The Balaban J connectivity index is 1.13. The van der Waals surface area contributed by atoms with Crippen molar-refractivity contribution in [2.75, 3.05) is 31.6 Å². The summed E-state index contributed by atoms with van der Waals surface area (Å²) in [5, 5.41) is 10.7. The number of methoxy groups -OCH3 is 1. The fourth-order valence-electron chi connectivity index (χ4n) is 6.84. The number of aryl methyl sites for hydroxylation is 2. The third-order valence-corrected chi connectivity index (χ3v) is 9.37. The molecule has 2 aromatic carbocycles. The highest BCUT2D eigenvalue weighted by Gasteiger charge is 2.25. The van der Waals surface area contributed by atoms with Crippen molar-refractivity contribution in [2.24, 2.45) is 7.05 Å². The number of hydrogen-bond acceptors (Lipinski definition) is 6. The van der Waals surface area contributed by atoms with Crippen LogP contribution in [0.2, 0.25) is 0 Å². The molecular formula is C37H37N5O4. The highest BCUT2D eigenvalue weighted by Crippen LogP contribution is 2.31. The molecule has 5 aromatic rings. The van der Waals surface area contributed by atoms with E-state index in [2.05, 4.69) is 49.7 Å². The molecule has 7 rings (SSSR count). The number of nitrogens with zero attached hydrogens (tertiary/aromatic N) is 5. The van der Waals surface area contributed by atoms with Gasteiger partial charge in [-0.25, -0.2) is 9.78 Å². The zero-order valence-corrected chi connectivity index (χ0v) is 26.4. The maximum atomic E-state index is 13.9. The van der Waals surface area contributed by atoms with Gasteiger partial charge in [0.15, 0.2) is 0 Å². The van der Waals surface area contributed by atoms with Gasteiger partial charge in [-0.15, -0.1) is 0 Å². The molecule has 5 heterocycles. The molecule has 0 unspecified atom stereocenters. The topological polar surface area (TPSA) is 92.8 Å². The van der Waals surface area contributed by atoms with E-state index in [1.165, 1.54) is 5.56 Å². The summed E-state index contributed by atoms with van der Waals surface area (Å²) < 4.78 is 9.16. The Bertz CT molecular complexity index is 2060. The fraction of sp³-hybridized carbons (Fsp3) is 0.270. The van der Waals surface area contributed by atoms with Gasteiger partial charge in [0.2, 0.25) is 0 Å². The van der Waals surface area contributed by atoms with Crippen molar-refractivity contribution in [3.05, 3.63) is 123 Å². The van der Waals surface area contributed by atoms with Crippen molar-refractivity contribution < 1.29 is 14.6 Å². The average molecular weight is 616 g/mol. The van der Waals surface area contributed by atoms with Crippen LogP contribution in [0.5, 0.6) is 5.75 Å². The molecule has 2 aliphatic rings. The second-order valence-corrected chi connectivity index (χ2v) is 12.2. The maximum Gasteiger partial charge on any atom is 0.336 e. The molecule has 1 N–H and O–H groups in total. The van der Waals surface area contributed by atoms with Crippen LogP contribution in [-0.2, 0) is 26.6 Å². The molecule has 2 aliphatic heterocycles. The van der Waals surface area contributed by atoms with Crippen molar-refractivity contribution in [1.29, 1.82) is 0 Å². The molecule has 0 bridgehead atoms. The lowest BCUT2D eigenvalue weighted by atomic mass is 9.93. The smallest absolute Gasteiger partial charge is 0.336 e. The molecule has 234 valence electrons. The number of aromatic carboxylic acids is 1. The Morgan fingerprint density at radius 1 is 0.978 bits per heavy atom. The quantitative estimate of drug-likeness (QED) is 0.243. The number of aromatic nitrogens is 3. The first-order valence-electron chi connectivity index (χ1n) is 15.6. The SMILES string of the molecule is COc1ccc(CN2CCc3c2ccn(-c2ccnc4c2cc(CN2CC=C(c5ccc(C)cc5C(=O)O)CC2)n4C)c3=O)cc1. The minimum atomic E-state index is -0.894. The first kappa shape index (κ1) is 29.6. The summed E-state index contributed by atoms with van der Waals surface area (Å²) in [5.41, 5.74) is 8.97. The number of carboxylic acid groups (broad SMARTS) is 1. The molecule has 0 atom stereocenters. The lowest BCUT2D eigenvalue weighted by molar-refractivity contribution is 0.0696. The lowest BCUT2D eigenvalue weighted by Gasteiger charge is -2.27. The number of fused-ring (bicyclic) bond motifs is 2. The molecule has 0 radical (unpaired) electrons. The minimum Gasteiger partial charge on any atom is -0.497 e. The lowest BCUT2D eigenvalue weighted by Crippen LogP contribution is -2.29. The van der Waals surface area contributed by atoms with Crippen LogP contribution in [0.15, 0.2) is 83.9 Å². The zero-order chi connectivity index (χ0) is 31.9. The summed E-state index contributed by atoms with van der Waals surface area (Å²) in [4.78, 5) is 35.1. The number of carbonyl (C=O) groups is 1. The van der Waals surface area contributed by atoms with E-state index in [0.29, 0.717) is 12.0 Å². The Kier molecular flexibility index (Phi) is 7.70. The number of pyridine rings is 2. The second-order valence-electron chi connectivity index (χ2n) is 12.2. The van der Waals surface area contributed by atoms with Crippen LogP contribution < -0.4 is 15.2 Å². The minimum absolute atomic E-state index is 0.0122. The zero-order valence-electron chi connectivity index (χ0n) is 26.4. The predicted molar refractivity (Wildman–Crippen MR) is 180 cm³/mol. The van der Waals surface area contributed by atoms with Crippen molar-refractivity contribution in [3.63, 3.8) is 0 Å². The number of carboxylic acids is 1. The Morgan fingerprint density at radius 2 is 1.80 bits per heavy atom. The molecule has 0 saturated carbocycles. The van der Waals surface area contributed by atoms with Gasteiger partial charge in [0.25, 0.3) is 5.56 Å². The maximum absolute atomic E-state index is 13.9. The van der Waals surface area contributed by atoms with Gasteiger partial charge in [-0.05, 0) is 72.9 Å². The van der Waals surface area contributed by atoms with Crippen LogP contribution in [0.25, 0.3) is 22.3 Å². The van der Waals surface area contributed by atoms with E-state index >= 15 is 0 Å². The summed E-state index contributed by atoms with van der Waals surface area (Å²) in [7, 11) is 3.69. The van der Waals surface area contributed by atoms with E-state index < -0.39 is 5.97 Å².